The molecule has 2 fully saturated rings. The summed E-state index contributed by atoms with van der Waals surface area (Å²) in [7, 11) is 0. The van der Waals surface area contributed by atoms with Crippen LogP contribution in [0.15, 0.2) is 0 Å². The van der Waals surface area contributed by atoms with Crippen molar-refractivity contribution in [2.75, 3.05) is 13.2 Å². The number of alkyl halides is 3. The van der Waals surface area contributed by atoms with Crippen LogP contribution >= 0.6 is 0 Å². The molecular formula is C11H17F3N2O2. The topological polar surface area (TPSA) is 50.4 Å². The summed E-state index contributed by atoms with van der Waals surface area (Å²) in [6, 6.07) is 0.404. The zero-order valence-electron chi connectivity index (χ0n) is 9.93. The Morgan fingerprint density at radius 3 is 2.72 bits per heavy atom. The molecule has 3 atom stereocenters. The van der Waals surface area contributed by atoms with Crippen molar-refractivity contribution < 1.29 is 22.7 Å². The number of amides is 1. The Morgan fingerprint density at radius 2 is 2.11 bits per heavy atom. The number of nitrogens with one attached hydrogen (secondary N) is 2. The van der Waals surface area contributed by atoms with E-state index in [9.17, 15) is 18.0 Å². The molecule has 1 heterocycles. The molecule has 104 valence electrons. The van der Waals surface area contributed by atoms with Crippen molar-refractivity contribution in [1.29, 1.82) is 0 Å². The fourth-order valence-electron chi connectivity index (χ4n) is 2.27. The minimum atomic E-state index is -4.56. The van der Waals surface area contributed by atoms with Crippen LogP contribution in [0.1, 0.15) is 25.7 Å². The third-order valence-corrected chi connectivity index (χ3v) is 3.33. The van der Waals surface area contributed by atoms with Gasteiger partial charge in [0.15, 0.2) is 0 Å². The number of halogens is 3. The highest BCUT2D eigenvalue weighted by Crippen LogP contribution is 2.40. The Kier molecular flexibility index (Phi) is 4.11. The molecule has 1 amide bonds. The number of hydrogen-bond donors (Lipinski definition) is 2. The molecule has 0 aromatic carbocycles. The minimum Gasteiger partial charge on any atom is -0.355 e. The number of fused-ring (bicyclic) bond motifs is 1. The van der Waals surface area contributed by atoms with E-state index in [4.69, 9.17) is 0 Å². The summed E-state index contributed by atoms with van der Waals surface area (Å²) in [5, 5.41) is 5.94. The number of piperidine rings is 1. The largest absolute Gasteiger partial charge is 0.522 e. The SMILES string of the molecule is O=C(NCCCCOC(F)(F)F)C1CC2CC2N1. The van der Waals surface area contributed by atoms with Gasteiger partial charge in [0, 0.05) is 12.6 Å². The molecule has 2 aliphatic rings. The number of rotatable bonds is 6. The van der Waals surface area contributed by atoms with E-state index in [1.165, 1.54) is 6.42 Å². The van der Waals surface area contributed by atoms with Gasteiger partial charge in [-0.05, 0) is 31.6 Å². The summed E-state index contributed by atoms with van der Waals surface area (Å²) >= 11 is 0. The van der Waals surface area contributed by atoms with Gasteiger partial charge in [-0.2, -0.15) is 0 Å². The molecule has 0 bridgehead atoms. The van der Waals surface area contributed by atoms with Gasteiger partial charge >= 0.3 is 6.36 Å². The smallest absolute Gasteiger partial charge is 0.355 e. The maximum absolute atomic E-state index is 11.6. The summed E-state index contributed by atoms with van der Waals surface area (Å²) in [5.41, 5.74) is 0. The Bertz CT molecular complexity index is 299. The third kappa shape index (κ3) is 4.13. The zero-order chi connectivity index (χ0) is 13.2. The minimum absolute atomic E-state index is 0.0426. The van der Waals surface area contributed by atoms with Crippen LogP contribution in [0.4, 0.5) is 13.2 Å². The molecule has 1 saturated carbocycles. The first-order chi connectivity index (χ1) is 8.46. The summed E-state index contributed by atoms with van der Waals surface area (Å²) < 4.78 is 38.5. The normalized spacial score (nSPS) is 30.1. The van der Waals surface area contributed by atoms with E-state index in [-0.39, 0.29) is 25.0 Å². The molecular weight excluding hydrogens is 249 g/mol. The van der Waals surface area contributed by atoms with Gasteiger partial charge in [0.1, 0.15) is 0 Å². The summed E-state index contributed by atoms with van der Waals surface area (Å²) in [4.78, 5) is 11.6. The van der Waals surface area contributed by atoms with Crippen LogP contribution in [0, 0.1) is 5.92 Å². The molecule has 0 aromatic heterocycles. The molecule has 2 rings (SSSR count). The van der Waals surface area contributed by atoms with Gasteiger partial charge in [-0.1, -0.05) is 0 Å². The third-order valence-electron chi connectivity index (χ3n) is 3.33. The lowest BCUT2D eigenvalue weighted by Crippen LogP contribution is -2.42. The number of ether oxygens (including phenoxy) is 1. The second kappa shape index (κ2) is 5.44. The monoisotopic (exact) mass is 266 g/mol. The standard InChI is InChI=1S/C11H17F3N2O2/c12-11(13,14)18-4-2-1-3-15-10(17)9-6-7-5-8(7)16-9/h7-9,16H,1-6H2,(H,15,17). The van der Waals surface area contributed by atoms with Gasteiger partial charge in [0.05, 0.1) is 12.6 Å². The highest BCUT2D eigenvalue weighted by molar-refractivity contribution is 5.82. The van der Waals surface area contributed by atoms with Crippen molar-refractivity contribution in [3.05, 3.63) is 0 Å². The molecule has 0 radical (unpaired) electrons. The maximum atomic E-state index is 11.6. The van der Waals surface area contributed by atoms with Crippen molar-refractivity contribution in [3.8, 4) is 0 Å². The van der Waals surface area contributed by atoms with Crippen LogP contribution in [-0.4, -0.2) is 37.5 Å². The summed E-state index contributed by atoms with van der Waals surface area (Å²) in [6.07, 6.45) is -1.74. The predicted octanol–water partition coefficient (Wildman–Crippen LogP) is 1.17. The lowest BCUT2D eigenvalue weighted by atomic mass is 10.1. The van der Waals surface area contributed by atoms with E-state index >= 15 is 0 Å². The zero-order valence-corrected chi connectivity index (χ0v) is 9.93. The van der Waals surface area contributed by atoms with Crippen molar-refractivity contribution in [1.82, 2.24) is 10.6 Å². The second-order valence-corrected chi connectivity index (χ2v) is 4.85. The average Bonchev–Trinajstić information content (AvgIpc) is 2.89. The van der Waals surface area contributed by atoms with Crippen LogP contribution in [0.2, 0.25) is 0 Å². The van der Waals surface area contributed by atoms with E-state index in [1.807, 2.05) is 0 Å². The molecule has 1 saturated heterocycles. The molecule has 3 unspecified atom stereocenters. The highest BCUT2D eigenvalue weighted by Gasteiger charge is 2.47. The number of carbonyl (C=O) groups is 1. The first-order valence-corrected chi connectivity index (χ1v) is 6.20. The lowest BCUT2D eigenvalue weighted by molar-refractivity contribution is -0.324. The quantitative estimate of drug-likeness (QED) is 0.710. The lowest BCUT2D eigenvalue weighted by Gasteiger charge is -2.13. The van der Waals surface area contributed by atoms with Crippen LogP contribution in [0.5, 0.6) is 0 Å². The number of hydrogen-bond acceptors (Lipinski definition) is 3. The van der Waals surface area contributed by atoms with E-state index in [0.29, 0.717) is 24.9 Å². The van der Waals surface area contributed by atoms with E-state index in [1.54, 1.807) is 0 Å². The number of unbranched alkanes of at least 4 members (excludes halogenated alkanes) is 1. The van der Waals surface area contributed by atoms with Gasteiger partial charge in [0.2, 0.25) is 5.91 Å². The molecule has 2 N–H and O–H groups in total. The first kappa shape index (κ1) is 13.6. The van der Waals surface area contributed by atoms with Crippen LogP contribution in [0.25, 0.3) is 0 Å². The number of carbonyl (C=O) groups excluding carboxylic acids is 1. The van der Waals surface area contributed by atoms with Crippen LogP contribution in [0.3, 0.4) is 0 Å². The van der Waals surface area contributed by atoms with E-state index in [2.05, 4.69) is 15.4 Å². The van der Waals surface area contributed by atoms with Gasteiger partial charge in [-0.25, -0.2) is 0 Å². The van der Waals surface area contributed by atoms with Gasteiger partial charge in [-0.3, -0.25) is 9.53 Å². The van der Waals surface area contributed by atoms with Crippen LogP contribution in [-0.2, 0) is 9.53 Å². The van der Waals surface area contributed by atoms with Crippen molar-refractivity contribution in [3.63, 3.8) is 0 Å². The van der Waals surface area contributed by atoms with Crippen molar-refractivity contribution >= 4 is 5.91 Å². The fraction of sp³-hybridized carbons (Fsp3) is 0.909. The molecule has 0 spiro atoms. The van der Waals surface area contributed by atoms with Crippen LogP contribution < -0.4 is 10.6 Å². The van der Waals surface area contributed by atoms with Gasteiger partial charge < -0.3 is 10.6 Å². The van der Waals surface area contributed by atoms with E-state index < -0.39 is 6.36 Å². The second-order valence-electron chi connectivity index (χ2n) is 4.85. The first-order valence-electron chi connectivity index (χ1n) is 6.20. The average molecular weight is 266 g/mol. The Morgan fingerprint density at radius 1 is 1.33 bits per heavy atom. The predicted molar refractivity (Wildman–Crippen MR) is 57.7 cm³/mol. The maximum Gasteiger partial charge on any atom is 0.522 e. The molecule has 7 heteroatoms. The Balaban J connectivity index is 1.47. The Labute approximate surface area is 103 Å². The Hall–Kier alpha value is -0.820. The van der Waals surface area contributed by atoms with E-state index in [0.717, 1.165) is 6.42 Å². The van der Waals surface area contributed by atoms with Gasteiger partial charge in [0.25, 0.3) is 0 Å². The molecule has 0 aromatic rings. The fourth-order valence-corrected chi connectivity index (χ4v) is 2.27. The van der Waals surface area contributed by atoms with Crippen molar-refractivity contribution in [2.24, 2.45) is 5.92 Å². The highest BCUT2D eigenvalue weighted by atomic mass is 19.4. The molecule has 18 heavy (non-hydrogen) atoms. The molecule has 1 aliphatic heterocycles. The van der Waals surface area contributed by atoms with Gasteiger partial charge in [-0.15, -0.1) is 13.2 Å². The molecule has 1 aliphatic carbocycles. The van der Waals surface area contributed by atoms with Crippen molar-refractivity contribution in [2.45, 2.75) is 44.1 Å². The summed E-state index contributed by atoms with van der Waals surface area (Å²) in [5.74, 6) is 0.611. The summed E-state index contributed by atoms with van der Waals surface area (Å²) in [6.45, 7) is 0.0404. The molecule has 4 nitrogen and oxygen atoms in total.